The molecule has 0 heterocycles. The van der Waals surface area contributed by atoms with Crippen LogP contribution in [0.25, 0.3) is 0 Å². The SMILES string of the molecule is CCCCCC/C=C\CCCCCCCCOCC(CO)OC(=O)CCCCCCCCCCCCCCCCCCCCCC. The number of esters is 1. The maximum absolute atomic E-state index is 12.2. The van der Waals surface area contributed by atoms with E-state index in [4.69, 9.17) is 9.47 Å². The minimum atomic E-state index is -0.530. The summed E-state index contributed by atoms with van der Waals surface area (Å²) in [7, 11) is 0. The van der Waals surface area contributed by atoms with Crippen molar-refractivity contribution in [1.29, 1.82) is 0 Å². The molecule has 4 heteroatoms. The quantitative estimate of drug-likeness (QED) is 0.0408. The Morgan fingerprint density at radius 3 is 1.26 bits per heavy atom. The van der Waals surface area contributed by atoms with Crippen molar-refractivity contribution < 1.29 is 19.4 Å². The summed E-state index contributed by atoms with van der Waals surface area (Å²) in [6.45, 7) is 5.36. The number of allylic oxidation sites excluding steroid dienone is 2. The lowest BCUT2D eigenvalue weighted by Gasteiger charge is -2.15. The Bertz CT molecular complexity index is 604. The van der Waals surface area contributed by atoms with Gasteiger partial charge in [0.15, 0.2) is 0 Å². The van der Waals surface area contributed by atoms with Gasteiger partial charge >= 0.3 is 5.97 Å². The fourth-order valence-electron chi connectivity index (χ4n) is 6.21. The summed E-state index contributed by atoms with van der Waals surface area (Å²) in [4.78, 5) is 12.2. The van der Waals surface area contributed by atoms with Crippen LogP contribution in [0.4, 0.5) is 0 Å². The molecule has 0 amide bonds. The Hall–Kier alpha value is -0.870. The predicted octanol–water partition coefficient (Wildman–Crippen LogP) is 13.4. The summed E-state index contributed by atoms with van der Waals surface area (Å²) in [5, 5.41) is 9.58. The number of aliphatic hydroxyl groups is 1. The fraction of sp³-hybridized carbons (Fsp3) is 0.929. The second-order valence-electron chi connectivity index (χ2n) is 14.1. The highest BCUT2D eigenvalue weighted by atomic mass is 16.6. The van der Waals surface area contributed by atoms with Crippen molar-refractivity contribution in [1.82, 2.24) is 0 Å². The van der Waals surface area contributed by atoms with Crippen LogP contribution in [0.15, 0.2) is 12.2 Å². The third-order valence-corrected chi connectivity index (χ3v) is 9.34. The van der Waals surface area contributed by atoms with Crippen molar-refractivity contribution >= 4 is 5.97 Å². The fourth-order valence-corrected chi connectivity index (χ4v) is 6.21. The van der Waals surface area contributed by atoms with E-state index in [1.54, 1.807) is 0 Å². The van der Waals surface area contributed by atoms with Crippen LogP contribution in [0, 0.1) is 0 Å². The molecule has 0 aromatic carbocycles. The molecule has 46 heavy (non-hydrogen) atoms. The molecule has 274 valence electrons. The zero-order valence-electron chi connectivity index (χ0n) is 31.4. The van der Waals surface area contributed by atoms with Crippen LogP contribution in [0.2, 0.25) is 0 Å². The molecule has 0 aliphatic carbocycles. The maximum atomic E-state index is 12.2. The minimum Gasteiger partial charge on any atom is -0.457 e. The molecule has 1 atom stereocenters. The van der Waals surface area contributed by atoms with E-state index in [2.05, 4.69) is 26.0 Å². The highest BCUT2D eigenvalue weighted by Crippen LogP contribution is 2.15. The summed E-state index contributed by atoms with van der Waals surface area (Å²) < 4.78 is 11.1. The molecule has 0 aliphatic heterocycles. The summed E-state index contributed by atoms with van der Waals surface area (Å²) in [6.07, 6.45) is 46.9. The molecule has 1 N–H and O–H groups in total. The van der Waals surface area contributed by atoms with Crippen LogP contribution in [-0.2, 0) is 14.3 Å². The minimum absolute atomic E-state index is 0.168. The van der Waals surface area contributed by atoms with E-state index in [9.17, 15) is 9.90 Å². The van der Waals surface area contributed by atoms with Crippen molar-refractivity contribution in [3.63, 3.8) is 0 Å². The molecule has 0 rings (SSSR count). The lowest BCUT2D eigenvalue weighted by atomic mass is 10.0. The topological polar surface area (TPSA) is 55.8 Å². The number of unbranched alkanes of at least 4 members (excludes halogenated alkanes) is 29. The number of ether oxygens (including phenoxy) is 2. The number of carbonyl (C=O) groups is 1. The molecule has 0 fully saturated rings. The second kappa shape index (κ2) is 40.3. The molecule has 0 aliphatic rings. The number of hydrogen-bond acceptors (Lipinski definition) is 4. The number of aliphatic hydroxyl groups excluding tert-OH is 1. The molecule has 0 saturated heterocycles. The summed E-state index contributed by atoms with van der Waals surface area (Å²) in [5.41, 5.74) is 0. The molecule has 0 bridgehead atoms. The highest BCUT2D eigenvalue weighted by molar-refractivity contribution is 5.69. The van der Waals surface area contributed by atoms with Gasteiger partial charge in [-0.15, -0.1) is 0 Å². The van der Waals surface area contributed by atoms with Crippen LogP contribution < -0.4 is 0 Å². The first-order valence-electron chi connectivity index (χ1n) is 20.8. The first-order valence-corrected chi connectivity index (χ1v) is 20.8. The molecule has 0 spiro atoms. The number of rotatable bonds is 39. The van der Waals surface area contributed by atoms with Gasteiger partial charge in [-0.1, -0.05) is 193 Å². The Kier molecular flexibility index (Phi) is 39.5. The van der Waals surface area contributed by atoms with Gasteiger partial charge in [-0.25, -0.2) is 0 Å². The molecular weight excluding hydrogens is 568 g/mol. The molecule has 1 unspecified atom stereocenters. The lowest BCUT2D eigenvalue weighted by Crippen LogP contribution is -2.27. The van der Waals surface area contributed by atoms with Crippen LogP contribution in [0.1, 0.15) is 226 Å². The third kappa shape index (κ3) is 37.6. The molecule has 0 radical (unpaired) electrons. The van der Waals surface area contributed by atoms with Crippen molar-refractivity contribution in [2.75, 3.05) is 19.8 Å². The number of carbonyl (C=O) groups excluding carboxylic acids is 1. The normalized spacial score (nSPS) is 12.3. The second-order valence-corrected chi connectivity index (χ2v) is 14.1. The van der Waals surface area contributed by atoms with Gasteiger partial charge in [0.2, 0.25) is 0 Å². The maximum Gasteiger partial charge on any atom is 0.306 e. The van der Waals surface area contributed by atoms with E-state index in [0.29, 0.717) is 19.6 Å². The number of hydrogen-bond donors (Lipinski definition) is 1. The first-order chi connectivity index (χ1) is 22.7. The highest BCUT2D eigenvalue weighted by Gasteiger charge is 2.13. The van der Waals surface area contributed by atoms with E-state index in [-0.39, 0.29) is 12.6 Å². The Morgan fingerprint density at radius 1 is 0.500 bits per heavy atom. The van der Waals surface area contributed by atoms with Gasteiger partial charge in [-0.3, -0.25) is 4.79 Å². The van der Waals surface area contributed by atoms with Crippen molar-refractivity contribution in [3.8, 4) is 0 Å². The zero-order chi connectivity index (χ0) is 33.4. The van der Waals surface area contributed by atoms with Crippen LogP contribution in [-0.4, -0.2) is 37.0 Å². The summed E-state index contributed by atoms with van der Waals surface area (Å²) >= 11 is 0. The van der Waals surface area contributed by atoms with Crippen LogP contribution in [0.3, 0.4) is 0 Å². The van der Waals surface area contributed by atoms with E-state index in [1.807, 2.05) is 0 Å². The van der Waals surface area contributed by atoms with Gasteiger partial charge in [0, 0.05) is 13.0 Å². The summed E-state index contributed by atoms with van der Waals surface area (Å²) in [6, 6.07) is 0. The Morgan fingerprint density at radius 2 is 0.848 bits per heavy atom. The largest absolute Gasteiger partial charge is 0.457 e. The van der Waals surface area contributed by atoms with Crippen molar-refractivity contribution in [3.05, 3.63) is 12.2 Å². The standard InChI is InChI=1S/C42H82O4/c1-3-5-7-9-11-13-15-17-19-20-21-22-23-24-25-27-29-31-33-35-37-42(44)46-41(39-43)40-45-38-36-34-32-30-28-26-18-16-14-12-10-8-6-4-2/h14,16,41,43H,3-13,15,17-40H2,1-2H3/b16-14-. The first kappa shape index (κ1) is 45.1. The molecule has 0 aromatic heterocycles. The van der Waals surface area contributed by atoms with E-state index in [1.165, 1.54) is 186 Å². The van der Waals surface area contributed by atoms with Crippen LogP contribution in [0.5, 0.6) is 0 Å². The average molecular weight is 651 g/mol. The predicted molar refractivity (Wildman–Crippen MR) is 201 cm³/mol. The van der Waals surface area contributed by atoms with Gasteiger partial charge in [0.1, 0.15) is 6.10 Å². The van der Waals surface area contributed by atoms with Gasteiger partial charge in [0.25, 0.3) is 0 Å². The zero-order valence-corrected chi connectivity index (χ0v) is 31.4. The monoisotopic (exact) mass is 651 g/mol. The van der Waals surface area contributed by atoms with Gasteiger partial charge in [-0.2, -0.15) is 0 Å². The smallest absolute Gasteiger partial charge is 0.306 e. The molecular formula is C42H82O4. The van der Waals surface area contributed by atoms with Gasteiger partial charge < -0.3 is 14.6 Å². The van der Waals surface area contributed by atoms with Gasteiger partial charge in [0.05, 0.1) is 13.2 Å². The van der Waals surface area contributed by atoms with E-state index < -0.39 is 6.10 Å². The molecule has 0 saturated carbocycles. The van der Waals surface area contributed by atoms with Crippen LogP contribution >= 0.6 is 0 Å². The lowest BCUT2D eigenvalue weighted by molar-refractivity contribution is -0.154. The summed E-state index contributed by atoms with van der Waals surface area (Å²) in [5.74, 6) is -0.198. The Balaban J connectivity index is 3.38. The van der Waals surface area contributed by atoms with Gasteiger partial charge in [-0.05, 0) is 38.5 Å². The van der Waals surface area contributed by atoms with E-state index >= 15 is 0 Å². The molecule has 0 aromatic rings. The van der Waals surface area contributed by atoms with E-state index in [0.717, 1.165) is 19.3 Å². The van der Waals surface area contributed by atoms with Crippen molar-refractivity contribution in [2.24, 2.45) is 0 Å². The third-order valence-electron chi connectivity index (χ3n) is 9.34. The average Bonchev–Trinajstić information content (AvgIpc) is 3.06. The van der Waals surface area contributed by atoms with Crippen molar-refractivity contribution in [2.45, 2.75) is 232 Å². The Labute approximate surface area is 288 Å². The molecule has 4 nitrogen and oxygen atoms in total.